The van der Waals surface area contributed by atoms with Crippen LogP contribution >= 0.6 is 11.6 Å². The first-order valence-electron chi connectivity index (χ1n) is 9.15. The summed E-state index contributed by atoms with van der Waals surface area (Å²) in [6.07, 6.45) is 1.85. The number of benzene rings is 1. The zero-order chi connectivity index (χ0) is 20.7. The normalized spacial score (nSPS) is 16.4. The van der Waals surface area contributed by atoms with Gasteiger partial charge in [0.2, 0.25) is 15.9 Å². The fraction of sp³-hybridized carbons (Fsp3) is 0.611. The Morgan fingerprint density at radius 3 is 2.64 bits per heavy atom. The molecule has 1 amide bonds. The standard InChI is InChI=1S/C18H28ClN3O5S/c1-14(18(23)20-7-4-8-21-9-11-27-12-10-21)22(28(3,24)25)15-5-6-17(26-2)16(19)13-15/h5-6,13-14H,4,7-12H2,1-3H3,(H,20,23)/t14-/m0/s1. The van der Waals surface area contributed by atoms with Gasteiger partial charge in [0.05, 0.1) is 37.3 Å². The second kappa shape index (κ2) is 10.3. The number of amides is 1. The summed E-state index contributed by atoms with van der Waals surface area (Å²) in [6.45, 7) is 6.14. The van der Waals surface area contributed by atoms with E-state index in [9.17, 15) is 13.2 Å². The average molecular weight is 434 g/mol. The van der Waals surface area contributed by atoms with Crippen molar-refractivity contribution in [3.63, 3.8) is 0 Å². The molecule has 1 aliphatic rings. The summed E-state index contributed by atoms with van der Waals surface area (Å²) in [6, 6.07) is 3.70. The molecule has 0 unspecified atom stereocenters. The number of rotatable bonds is 9. The molecule has 0 spiro atoms. The third kappa shape index (κ3) is 6.23. The third-order valence-electron chi connectivity index (χ3n) is 4.53. The van der Waals surface area contributed by atoms with Gasteiger partial charge in [-0.1, -0.05) is 11.6 Å². The van der Waals surface area contributed by atoms with E-state index in [1.54, 1.807) is 19.1 Å². The van der Waals surface area contributed by atoms with Crippen LogP contribution in [0.4, 0.5) is 5.69 Å². The lowest BCUT2D eigenvalue weighted by molar-refractivity contribution is -0.121. The highest BCUT2D eigenvalue weighted by molar-refractivity contribution is 7.92. The van der Waals surface area contributed by atoms with Gasteiger partial charge in [0.25, 0.3) is 0 Å². The van der Waals surface area contributed by atoms with E-state index in [0.29, 0.717) is 18.0 Å². The van der Waals surface area contributed by atoms with Crippen molar-refractivity contribution >= 4 is 33.2 Å². The molecule has 1 N–H and O–H groups in total. The summed E-state index contributed by atoms with van der Waals surface area (Å²) < 4.78 is 36.1. The van der Waals surface area contributed by atoms with E-state index in [2.05, 4.69) is 10.2 Å². The molecule has 1 aliphatic heterocycles. The molecule has 0 radical (unpaired) electrons. The number of sulfonamides is 1. The van der Waals surface area contributed by atoms with Gasteiger partial charge in [-0.15, -0.1) is 0 Å². The number of hydrogen-bond donors (Lipinski definition) is 1. The van der Waals surface area contributed by atoms with Crippen molar-refractivity contribution in [2.45, 2.75) is 19.4 Å². The molecule has 1 aromatic rings. The summed E-state index contributed by atoms with van der Waals surface area (Å²) in [4.78, 5) is 14.8. The number of carbonyl (C=O) groups is 1. The zero-order valence-corrected chi connectivity index (χ0v) is 18.1. The lowest BCUT2D eigenvalue weighted by atomic mass is 10.2. The van der Waals surface area contributed by atoms with Gasteiger partial charge < -0.3 is 14.8 Å². The molecule has 1 heterocycles. The molecule has 0 aliphatic carbocycles. The summed E-state index contributed by atoms with van der Waals surface area (Å²) in [5.74, 6) is 0.0680. The highest BCUT2D eigenvalue weighted by Gasteiger charge is 2.29. The van der Waals surface area contributed by atoms with Gasteiger partial charge in [0, 0.05) is 19.6 Å². The Hall–Kier alpha value is -1.55. The Labute approximate surface area is 171 Å². The minimum atomic E-state index is -3.70. The predicted octanol–water partition coefficient (Wildman–Crippen LogP) is 1.34. The van der Waals surface area contributed by atoms with Gasteiger partial charge in [-0.3, -0.25) is 14.0 Å². The minimum absolute atomic E-state index is 0.270. The van der Waals surface area contributed by atoms with Gasteiger partial charge in [-0.2, -0.15) is 0 Å². The van der Waals surface area contributed by atoms with E-state index in [0.717, 1.165) is 49.8 Å². The third-order valence-corrected chi connectivity index (χ3v) is 6.07. The van der Waals surface area contributed by atoms with Crippen molar-refractivity contribution in [3.8, 4) is 5.75 Å². The number of nitrogens with one attached hydrogen (secondary N) is 1. The molecule has 1 atom stereocenters. The molecule has 28 heavy (non-hydrogen) atoms. The van der Waals surface area contributed by atoms with Crippen molar-refractivity contribution in [2.24, 2.45) is 0 Å². The van der Waals surface area contributed by atoms with Crippen molar-refractivity contribution in [3.05, 3.63) is 23.2 Å². The van der Waals surface area contributed by atoms with Crippen LogP contribution < -0.4 is 14.4 Å². The number of nitrogens with zero attached hydrogens (tertiary/aromatic N) is 2. The lowest BCUT2D eigenvalue weighted by Gasteiger charge is -2.29. The van der Waals surface area contributed by atoms with Crippen LogP contribution in [0, 0.1) is 0 Å². The fourth-order valence-corrected chi connectivity index (χ4v) is 4.51. The quantitative estimate of drug-likeness (QED) is 0.591. The van der Waals surface area contributed by atoms with E-state index in [4.69, 9.17) is 21.1 Å². The molecule has 0 bridgehead atoms. The van der Waals surface area contributed by atoms with Gasteiger partial charge in [0.15, 0.2) is 0 Å². The van der Waals surface area contributed by atoms with E-state index in [-0.39, 0.29) is 10.9 Å². The number of anilines is 1. The van der Waals surface area contributed by atoms with Crippen molar-refractivity contribution in [2.75, 3.05) is 57.1 Å². The van der Waals surface area contributed by atoms with Crippen LogP contribution in [0.1, 0.15) is 13.3 Å². The molecule has 1 aromatic carbocycles. The van der Waals surface area contributed by atoms with Crippen LogP contribution in [-0.2, 0) is 19.6 Å². The minimum Gasteiger partial charge on any atom is -0.495 e. The van der Waals surface area contributed by atoms with Gasteiger partial charge in [0.1, 0.15) is 11.8 Å². The fourth-order valence-electron chi connectivity index (χ4n) is 3.09. The molecule has 1 saturated heterocycles. The van der Waals surface area contributed by atoms with Crippen molar-refractivity contribution in [1.82, 2.24) is 10.2 Å². The summed E-state index contributed by atoms with van der Waals surface area (Å²) in [5.41, 5.74) is 0.310. The van der Waals surface area contributed by atoms with Crippen molar-refractivity contribution < 1.29 is 22.7 Å². The van der Waals surface area contributed by atoms with Crippen LogP contribution in [0.25, 0.3) is 0 Å². The van der Waals surface area contributed by atoms with Crippen LogP contribution in [0.2, 0.25) is 5.02 Å². The number of halogens is 1. The van der Waals surface area contributed by atoms with E-state index >= 15 is 0 Å². The van der Waals surface area contributed by atoms with Gasteiger partial charge >= 0.3 is 0 Å². The zero-order valence-electron chi connectivity index (χ0n) is 16.5. The number of morpholine rings is 1. The second-order valence-electron chi connectivity index (χ2n) is 6.65. The van der Waals surface area contributed by atoms with Gasteiger partial charge in [-0.25, -0.2) is 8.42 Å². The Kier molecular flexibility index (Phi) is 8.36. The first-order chi connectivity index (χ1) is 13.2. The maximum atomic E-state index is 12.6. The van der Waals surface area contributed by atoms with E-state index in [1.165, 1.54) is 13.2 Å². The van der Waals surface area contributed by atoms with Gasteiger partial charge in [-0.05, 0) is 38.1 Å². The lowest BCUT2D eigenvalue weighted by Crippen LogP contribution is -2.48. The molecule has 0 aromatic heterocycles. The Morgan fingerprint density at radius 1 is 1.39 bits per heavy atom. The van der Waals surface area contributed by atoms with Crippen LogP contribution in [0.15, 0.2) is 18.2 Å². The predicted molar refractivity (Wildman–Crippen MR) is 110 cm³/mol. The van der Waals surface area contributed by atoms with Crippen molar-refractivity contribution in [1.29, 1.82) is 0 Å². The van der Waals surface area contributed by atoms with E-state index < -0.39 is 16.1 Å². The molecular formula is C18H28ClN3O5S. The smallest absolute Gasteiger partial charge is 0.243 e. The molecule has 1 fully saturated rings. The maximum Gasteiger partial charge on any atom is 0.243 e. The maximum absolute atomic E-state index is 12.6. The summed E-state index contributed by atoms with van der Waals surface area (Å²) >= 11 is 6.12. The molecular weight excluding hydrogens is 406 g/mol. The Morgan fingerprint density at radius 2 is 2.07 bits per heavy atom. The molecule has 158 valence electrons. The summed E-state index contributed by atoms with van der Waals surface area (Å²) in [7, 11) is -2.22. The molecule has 2 rings (SSSR count). The molecule has 0 saturated carbocycles. The highest BCUT2D eigenvalue weighted by atomic mass is 35.5. The average Bonchev–Trinajstić information content (AvgIpc) is 2.65. The van der Waals surface area contributed by atoms with Crippen LogP contribution in [0.3, 0.4) is 0 Å². The van der Waals surface area contributed by atoms with Crippen LogP contribution in [0.5, 0.6) is 5.75 Å². The monoisotopic (exact) mass is 433 g/mol. The number of methoxy groups -OCH3 is 1. The summed E-state index contributed by atoms with van der Waals surface area (Å²) in [5, 5.41) is 3.09. The second-order valence-corrected chi connectivity index (χ2v) is 8.92. The highest BCUT2D eigenvalue weighted by Crippen LogP contribution is 2.31. The van der Waals surface area contributed by atoms with Crippen LogP contribution in [-0.4, -0.2) is 78.0 Å². The Balaban J connectivity index is 1.99. The molecule has 10 heteroatoms. The topological polar surface area (TPSA) is 88.2 Å². The number of ether oxygens (including phenoxy) is 2. The largest absolute Gasteiger partial charge is 0.495 e. The Bertz CT molecular complexity index is 768. The first kappa shape index (κ1) is 22.7. The first-order valence-corrected chi connectivity index (χ1v) is 11.4. The van der Waals surface area contributed by atoms with E-state index in [1.807, 2.05) is 0 Å². The molecule has 8 nitrogen and oxygen atoms in total. The SMILES string of the molecule is COc1ccc(N([C@@H](C)C(=O)NCCCN2CCOCC2)S(C)(=O)=O)cc1Cl. The number of hydrogen-bond acceptors (Lipinski definition) is 6. The number of carbonyl (C=O) groups excluding carboxylic acids is 1.